The molecule has 0 radical (unpaired) electrons. The van der Waals surface area contributed by atoms with Gasteiger partial charge in [0.15, 0.2) is 0 Å². The van der Waals surface area contributed by atoms with Gasteiger partial charge >= 0.3 is 0 Å². The Morgan fingerprint density at radius 1 is 1.23 bits per heavy atom. The molecule has 1 aromatic carbocycles. The fourth-order valence-electron chi connectivity index (χ4n) is 2.06. The van der Waals surface area contributed by atoms with E-state index < -0.39 is 5.91 Å². The van der Waals surface area contributed by atoms with Gasteiger partial charge in [-0.1, -0.05) is 18.2 Å². The number of amides is 1. The van der Waals surface area contributed by atoms with Crippen LogP contribution in [0, 0.1) is 0 Å². The van der Waals surface area contributed by atoms with Gasteiger partial charge in [0.25, 0.3) is 0 Å². The topological polar surface area (TPSA) is 52.3 Å². The summed E-state index contributed by atoms with van der Waals surface area (Å²) in [5.41, 5.74) is 7.00. The molecule has 116 valence electrons. The van der Waals surface area contributed by atoms with Crippen molar-refractivity contribution in [2.75, 3.05) is 6.61 Å². The first-order valence-electron chi connectivity index (χ1n) is 7.47. The van der Waals surface area contributed by atoms with E-state index in [4.69, 9.17) is 10.5 Å². The van der Waals surface area contributed by atoms with E-state index in [9.17, 15) is 4.79 Å². The third kappa shape index (κ3) is 5.74. The predicted molar refractivity (Wildman–Crippen MR) is 92.3 cm³/mol. The summed E-state index contributed by atoms with van der Waals surface area (Å²) in [7, 11) is 0. The minimum Gasteiger partial charge on any atom is -0.494 e. The van der Waals surface area contributed by atoms with Crippen LogP contribution in [0.5, 0.6) is 5.75 Å². The van der Waals surface area contributed by atoms with Gasteiger partial charge in [0.1, 0.15) is 5.75 Å². The van der Waals surface area contributed by atoms with Crippen LogP contribution in [0.1, 0.15) is 41.6 Å². The lowest BCUT2D eigenvalue weighted by Crippen LogP contribution is -2.10. The molecule has 3 nitrogen and oxygen atoms in total. The summed E-state index contributed by atoms with van der Waals surface area (Å²) in [6, 6.07) is 9.12. The number of rotatable bonds is 9. The van der Waals surface area contributed by atoms with Gasteiger partial charge in [-0.15, -0.1) is 0 Å². The predicted octanol–water partition coefficient (Wildman–Crippen LogP) is 4.50. The minimum absolute atomic E-state index is 0.428. The molecule has 2 rings (SSSR count). The fourth-order valence-corrected chi connectivity index (χ4v) is 2.69. The van der Waals surface area contributed by atoms with Crippen molar-refractivity contribution in [3.8, 4) is 5.75 Å². The van der Waals surface area contributed by atoms with Gasteiger partial charge in [-0.2, -0.15) is 11.3 Å². The van der Waals surface area contributed by atoms with E-state index in [0.29, 0.717) is 17.9 Å². The first kappa shape index (κ1) is 16.3. The fraction of sp³-hybridized carbons (Fsp3) is 0.278. The summed E-state index contributed by atoms with van der Waals surface area (Å²) >= 11 is 1.72. The molecular weight excluding hydrogens is 294 g/mol. The Bertz CT molecular complexity index is 605. The molecule has 2 aromatic rings. The van der Waals surface area contributed by atoms with E-state index in [-0.39, 0.29) is 0 Å². The van der Waals surface area contributed by atoms with Gasteiger partial charge in [0, 0.05) is 5.56 Å². The zero-order chi connectivity index (χ0) is 15.6. The molecule has 2 N–H and O–H groups in total. The second kappa shape index (κ2) is 9.05. The molecule has 0 saturated heterocycles. The number of hydrogen-bond acceptors (Lipinski definition) is 3. The Kier molecular flexibility index (Phi) is 6.71. The van der Waals surface area contributed by atoms with Gasteiger partial charge in [0.05, 0.1) is 6.61 Å². The number of hydrogen-bond donors (Lipinski definition) is 1. The van der Waals surface area contributed by atoms with Crippen molar-refractivity contribution >= 4 is 23.3 Å². The molecule has 0 aliphatic carbocycles. The Hall–Kier alpha value is -2.07. The van der Waals surface area contributed by atoms with Crippen LogP contribution in [0.3, 0.4) is 0 Å². The zero-order valence-corrected chi connectivity index (χ0v) is 13.4. The molecule has 22 heavy (non-hydrogen) atoms. The summed E-state index contributed by atoms with van der Waals surface area (Å²) in [5.74, 6) is 0.275. The highest BCUT2D eigenvalue weighted by Gasteiger charge is 2.01. The first-order valence-corrected chi connectivity index (χ1v) is 8.41. The maximum Gasteiger partial charge on any atom is 0.248 e. The summed E-state index contributed by atoms with van der Waals surface area (Å²) < 4.78 is 5.64. The number of primary amides is 1. The van der Waals surface area contributed by atoms with E-state index in [1.807, 2.05) is 6.07 Å². The van der Waals surface area contributed by atoms with Gasteiger partial charge in [0.2, 0.25) is 5.91 Å². The average Bonchev–Trinajstić information content (AvgIpc) is 3.03. The number of carbonyl (C=O) groups excluding carboxylic acids is 1. The molecule has 0 aliphatic heterocycles. The molecule has 0 aliphatic rings. The van der Waals surface area contributed by atoms with Crippen LogP contribution >= 0.6 is 11.3 Å². The highest BCUT2D eigenvalue weighted by molar-refractivity contribution is 7.08. The van der Waals surface area contributed by atoms with E-state index in [2.05, 4.69) is 29.0 Å². The maximum absolute atomic E-state index is 11.1. The summed E-state index contributed by atoms with van der Waals surface area (Å²) in [5, 5.41) is 4.23. The van der Waals surface area contributed by atoms with E-state index >= 15 is 0 Å². The number of benzene rings is 1. The Morgan fingerprint density at radius 2 is 2.14 bits per heavy atom. The van der Waals surface area contributed by atoms with Crippen LogP contribution in [0.4, 0.5) is 0 Å². The highest BCUT2D eigenvalue weighted by Crippen LogP contribution is 2.14. The molecule has 0 bridgehead atoms. The largest absolute Gasteiger partial charge is 0.494 e. The van der Waals surface area contributed by atoms with Gasteiger partial charge < -0.3 is 10.5 Å². The Morgan fingerprint density at radius 3 is 2.91 bits per heavy atom. The molecule has 0 unspecified atom stereocenters. The van der Waals surface area contributed by atoms with Crippen LogP contribution in [-0.2, 0) is 0 Å². The van der Waals surface area contributed by atoms with Crippen LogP contribution in [0.2, 0.25) is 0 Å². The van der Waals surface area contributed by atoms with Gasteiger partial charge in [-0.3, -0.25) is 4.79 Å². The molecule has 0 spiro atoms. The third-order valence-electron chi connectivity index (χ3n) is 3.26. The molecule has 0 fully saturated rings. The van der Waals surface area contributed by atoms with E-state index in [0.717, 1.165) is 25.7 Å². The van der Waals surface area contributed by atoms with Crippen molar-refractivity contribution in [3.05, 3.63) is 58.3 Å². The number of thiophene rings is 1. The normalized spacial score (nSPS) is 10.9. The lowest BCUT2D eigenvalue weighted by molar-refractivity contribution is 0.1000. The zero-order valence-electron chi connectivity index (χ0n) is 12.5. The lowest BCUT2D eigenvalue weighted by atomic mass is 10.2. The second-order valence-electron chi connectivity index (χ2n) is 5.05. The number of carbonyl (C=O) groups is 1. The van der Waals surface area contributed by atoms with Gasteiger partial charge in [-0.05, 0) is 66.3 Å². The molecule has 1 amide bonds. The van der Waals surface area contributed by atoms with Crippen LogP contribution in [0.15, 0.2) is 47.2 Å². The third-order valence-corrected chi connectivity index (χ3v) is 3.96. The monoisotopic (exact) mass is 315 g/mol. The van der Waals surface area contributed by atoms with Crippen molar-refractivity contribution in [2.45, 2.75) is 25.7 Å². The van der Waals surface area contributed by atoms with Crippen molar-refractivity contribution < 1.29 is 9.53 Å². The van der Waals surface area contributed by atoms with Gasteiger partial charge in [-0.25, -0.2) is 0 Å². The van der Waals surface area contributed by atoms with E-state index in [1.54, 1.807) is 29.5 Å². The molecule has 0 atom stereocenters. The molecule has 0 saturated carbocycles. The van der Waals surface area contributed by atoms with Crippen LogP contribution < -0.4 is 10.5 Å². The summed E-state index contributed by atoms with van der Waals surface area (Å²) in [4.78, 5) is 11.1. The quantitative estimate of drug-likeness (QED) is 0.693. The number of ether oxygens (including phenoxy) is 1. The van der Waals surface area contributed by atoms with Crippen molar-refractivity contribution in [2.24, 2.45) is 5.73 Å². The van der Waals surface area contributed by atoms with Crippen molar-refractivity contribution in [1.29, 1.82) is 0 Å². The first-order chi connectivity index (χ1) is 10.8. The number of allylic oxidation sites excluding steroid dienone is 1. The minimum atomic E-state index is -0.428. The smallest absolute Gasteiger partial charge is 0.248 e. The standard InChI is InChI=1S/C18H21NO2S/c19-18(20)16-8-6-9-17(13-16)21-11-5-3-1-2-4-7-15-10-12-22-14-15/h4,6-10,12-14H,1-3,5,11H2,(H2,19,20)/b7-4-. The lowest BCUT2D eigenvalue weighted by Gasteiger charge is -2.06. The van der Waals surface area contributed by atoms with Crippen molar-refractivity contribution in [1.82, 2.24) is 0 Å². The summed E-state index contributed by atoms with van der Waals surface area (Å²) in [6.45, 7) is 0.663. The second-order valence-corrected chi connectivity index (χ2v) is 5.83. The molecular formula is C18H21NO2S. The number of nitrogens with two attached hydrogens (primary N) is 1. The maximum atomic E-state index is 11.1. The van der Waals surface area contributed by atoms with Crippen LogP contribution in [0.25, 0.3) is 6.08 Å². The SMILES string of the molecule is NC(=O)c1cccc(OCCCCC/C=C\c2ccsc2)c1. The van der Waals surface area contributed by atoms with Crippen molar-refractivity contribution in [3.63, 3.8) is 0 Å². The number of unbranched alkanes of at least 4 members (excludes halogenated alkanes) is 3. The molecule has 1 heterocycles. The molecule has 1 aromatic heterocycles. The summed E-state index contributed by atoms with van der Waals surface area (Å²) in [6.07, 6.45) is 8.77. The van der Waals surface area contributed by atoms with E-state index in [1.165, 1.54) is 5.56 Å². The Balaban J connectivity index is 1.57. The average molecular weight is 315 g/mol. The Labute approximate surface area is 135 Å². The van der Waals surface area contributed by atoms with Crippen LogP contribution in [-0.4, -0.2) is 12.5 Å². The molecule has 4 heteroatoms. The highest BCUT2D eigenvalue weighted by atomic mass is 32.1.